The summed E-state index contributed by atoms with van der Waals surface area (Å²) in [5, 5.41) is 20.7. The molecule has 0 bridgehead atoms. The number of aliphatic hydroxyl groups is 1. The van der Waals surface area contributed by atoms with Gasteiger partial charge in [-0.2, -0.15) is 5.10 Å². The number of carbonyl (C=O) groups excluding carboxylic acids is 1. The minimum absolute atomic E-state index is 0.186. The normalized spacial score (nSPS) is 15.0. The van der Waals surface area contributed by atoms with E-state index in [1.807, 2.05) is 39.0 Å². The molecule has 1 aliphatic rings. The largest absolute Gasteiger partial charge is 0.389 e. The van der Waals surface area contributed by atoms with Crippen LogP contribution in [0.2, 0.25) is 0 Å². The Labute approximate surface area is 181 Å². The lowest BCUT2D eigenvalue weighted by Crippen LogP contribution is -2.27. The fraction of sp³-hybridized carbons (Fsp3) is 0.304. The van der Waals surface area contributed by atoms with Crippen molar-refractivity contribution in [3.8, 4) is 11.3 Å². The molecule has 0 atom stereocenters. The fourth-order valence-electron chi connectivity index (χ4n) is 3.67. The number of fused-ring (bicyclic) bond motifs is 1. The Morgan fingerprint density at radius 2 is 2.00 bits per heavy atom. The van der Waals surface area contributed by atoms with E-state index in [0.717, 1.165) is 28.1 Å². The minimum Gasteiger partial charge on any atom is -0.389 e. The van der Waals surface area contributed by atoms with Gasteiger partial charge in [0.25, 0.3) is 5.91 Å². The number of pyridine rings is 2. The number of hydrogen-bond donors (Lipinski definition) is 3. The Morgan fingerprint density at radius 3 is 2.71 bits per heavy atom. The maximum absolute atomic E-state index is 12.7. The van der Waals surface area contributed by atoms with E-state index >= 15 is 0 Å². The molecule has 8 nitrogen and oxygen atoms in total. The average molecular weight is 419 g/mol. The summed E-state index contributed by atoms with van der Waals surface area (Å²) in [6, 6.07) is 5.74. The number of amides is 1. The third kappa shape index (κ3) is 4.20. The summed E-state index contributed by atoms with van der Waals surface area (Å²) in [5.74, 6) is 0.430. The van der Waals surface area contributed by atoms with Crippen molar-refractivity contribution in [1.82, 2.24) is 19.7 Å². The number of carbonyl (C=O) groups is 1. The van der Waals surface area contributed by atoms with Crippen LogP contribution in [0.25, 0.3) is 16.8 Å². The van der Waals surface area contributed by atoms with E-state index in [-0.39, 0.29) is 5.91 Å². The molecule has 0 aliphatic carbocycles. The number of nitrogens with one attached hydrogen (secondary N) is 2. The Hall–Kier alpha value is -3.52. The Kier molecular flexibility index (Phi) is 5.10. The number of aromatic nitrogens is 4. The lowest BCUT2D eigenvalue weighted by atomic mass is 10.0. The molecule has 0 unspecified atom stereocenters. The van der Waals surface area contributed by atoms with E-state index in [0.29, 0.717) is 29.3 Å². The third-order valence-corrected chi connectivity index (χ3v) is 5.17. The summed E-state index contributed by atoms with van der Waals surface area (Å²) in [5.41, 5.74) is 5.49. The number of nitrogens with zero attached hydrogens (tertiary/aromatic N) is 4. The van der Waals surface area contributed by atoms with E-state index in [1.54, 1.807) is 37.1 Å². The number of hydrogen-bond acceptors (Lipinski definition) is 6. The Morgan fingerprint density at radius 1 is 1.23 bits per heavy atom. The zero-order chi connectivity index (χ0) is 22.3. The van der Waals surface area contributed by atoms with E-state index in [4.69, 9.17) is 0 Å². The molecule has 1 aliphatic heterocycles. The van der Waals surface area contributed by atoms with Gasteiger partial charge in [-0.15, -0.1) is 0 Å². The molecule has 3 aromatic rings. The smallest absolute Gasteiger partial charge is 0.258 e. The lowest BCUT2D eigenvalue weighted by molar-refractivity contribution is -0.110. The van der Waals surface area contributed by atoms with Gasteiger partial charge in [0.1, 0.15) is 0 Å². The first-order valence-electron chi connectivity index (χ1n) is 10.1. The van der Waals surface area contributed by atoms with Crippen LogP contribution < -0.4 is 10.6 Å². The molecule has 4 rings (SSSR count). The van der Waals surface area contributed by atoms with Gasteiger partial charge < -0.3 is 15.7 Å². The van der Waals surface area contributed by atoms with Crippen molar-refractivity contribution < 1.29 is 9.90 Å². The highest BCUT2D eigenvalue weighted by Crippen LogP contribution is 2.36. The molecule has 160 valence electrons. The van der Waals surface area contributed by atoms with Gasteiger partial charge in [-0.3, -0.25) is 19.4 Å². The van der Waals surface area contributed by atoms with Gasteiger partial charge >= 0.3 is 0 Å². The summed E-state index contributed by atoms with van der Waals surface area (Å²) in [7, 11) is 0. The topological polar surface area (TPSA) is 105 Å². The molecular weight excluding hydrogens is 392 g/mol. The van der Waals surface area contributed by atoms with Gasteiger partial charge in [-0.05, 0) is 52.3 Å². The van der Waals surface area contributed by atoms with Gasteiger partial charge in [-0.1, -0.05) is 0 Å². The van der Waals surface area contributed by atoms with Crippen LogP contribution in [0.4, 0.5) is 11.5 Å². The quantitative estimate of drug-likeness (QED) is 0.548. The molecule has 0 fully saturated rings. The lowest BCUT2D eigenvalue weighted by Gasteiger charge is -2.17. The first-order chi connectivity index (χ1) is 14.6. The summed E-state index contributed by atoms with van der Waals surface area (Å²) in [4.78, 5) is 21.4. The van der Waals surface area contributed by atoms with Crippen LogP contribution in [0.1, 0.15) is 37.6 Å². The van der Waals surface area contributed by atoms with Crippen LogP contribution in [0.5, 0.6) is 0 Å². The molecule has 0 saturated heterocycles. The van der Waals surface area contributed by atoms with Gasteiger partial charge in [0.05, 0.1) is 35.3 Å². The molecule has 4 heterocycles. The molecule has 0 aromatic carbocycles. The number of allylic oxidation sites excluding steroid dienone is 1. The van der Waals surface area contributed by atoms with Crippen LogP contribution in [0.3, 0.4) is 0 Å². The SMILES string of the molecule is C/C(Nc1cc(C)n(CC(C)(C)O)n1)=C1/C(=O)Nc2cnc(-c3cnccc3C)cc21. The van der Waals surface area contributed by atoms with Crippen LogP contribution in [-0.4, -0.2) is 36.4 Å². The molecule has 0 radical (unpaired) electrons. The van der Waals surface area contributed by atoms with E-state index < -0.39 is 5.60 Å². The third-order valence-electron chi connectivity index (χ3n) is 5.17. The highest BCUT2D eigenvalue weighted by atomic mass is 16.3. The predicted octanol–water partition coefficient (Wildman–Crippen LogP) is 3.52. The van der Waals surface area contributed by atoms with Crippen molar-refractivity contribution in [3.63, 3.8) is 0 Å². The Balaban J connectivity index is 1.69. The van der Waals surface area contributed by atoms with Crippen molar-refractivity contribution >= 4 is 23.0 Å². The number of rotatable bonds is 5. The molecule has 0 saturated carbocycles. The Bertz CT molecular complexity index is 1200. The van der Waals surface area contributed by atoms with E-state index in [1.165, 1.54) is 0 Å². The molecule has 0 spiro atoms. The predicted molar refractivity (Wildman–Crippen MR) is 120 cm³/mol. The molecule has 1 amide bonds. The first kappa shape index (κ1) is 20.7. The molecule has 3 N–H and O–H groups in total. The van der Waals surface area contributed by atoms with Gasteiger partial charge in [0, 0.05) is 41.0 Å². The average Bonchev–Trinajstić information content (AvgIpc) is 3.18. The van der Waals surface area contributed by atoms with Crippen LogP contribution in [-0.2, 0) is 11.3 Å². The molecule has 31 heavy (non-hydrogen) atoms. The summed E-state index contributed by atoms with van der Waals surface area (Å²) in [6.07, 6.45) is 5.20. The van der Waals surface area contributed by atoms with E-state index in [9.17, 15) is 9.90 Å². The van der Waals surface area contributed by atoms with Crippen molar-refractivity contribution in [1.29, 1.82) is 0 Å². The van der Waals surface area contributed by atoms with Crippen LogP contribution >= 0.6 is 0 Å². The van der Waals surface area contributed by atoms with Crippen molar-refractivity contribution in [2.75, 3.05) is 10.6 Å². The monoisotopic (exact) mass is 418 g/mol. The van der Waals surface area contributed by atoms with Crippen molar-refractivity contribution in [3.05, 3.63) is 59.3 Å². The van der Waals surface area contributed by atoms with Crippen LogP contribution in [0, 0.1) is 13.8 Å². The minimum atomic E-state index is -0.875. The second-order valence-electron chi connectivity index (χ2n) is 8.53. The number of anilines is 2. The number of aryl methyl sites for hydroxylation is 2. The molecule has 3 aromatic heterocycles. The molecule has 8 heteroatoms. The van der Waals surface area contributed by atoms with Gasteiger partial charge in [0.2, 0.25) is 0 Å². The van der Waals surface area contributed by atoms with Crippen molar-refractivity contribution in [2.45, 2.75) is 46.8 Å². The van der Waals surface area contributed by atoms with Gasteiger partial charge in [0.15, 0.2) is 5.82 Å². The standard InChI is InChI=1S/C23H26N6O2/c1-13-6-7-24-10-17(13)18-9-16-19(11-25-18)27-22(30)21(16)15(3)26-20-8-14(2)29(28-20)12-23(4,5)31/h6-11,31H,12H2,1-5H3,(H,26,28)(H,27,30)/b21-15-. The van der Waals surface area contributed by atoms with E-state index in [2.05, 4.69) is 25.7 Å². The second-order valence-corrected chi connectivity index (χ2v) is 8.53. The maximum Gasteiger partial charge on any atom is 0.258 e. The summed E-state index contributed by atoms with van der Waals surface area (Å²) < 4.78 is 1.75. The van der Waals surface area contributed by atoms with Crippen LogP contribution in [0.15, 0.2) is 42.5 Å². The first-order valence-corrected chi connectivity index (χ1v) is 10.1. The molecular formula is C23H26N6O2. The second kappa shape index (κ2) is 7.63. The van der Waals surface area contributed by atoms with Gasteiger partial charge in [-0.25, -0.2) is 0 Å². The zero-order valence-electron chi connectivity index (χ0n) is 18.3. The zero-order valence-corrected chi connectivity index (χ0v) is 18.3. The fourth-order valence-corrected chi connectivity index (χ4v) is 3.67. The highest BCUT2D eigenvalue weighted by Gasteiger charge is 2.28. The maximum atomic E-state index is 12.7. The summed E-state index contributed by atoms with van der Waals surface area (Å²) in [6.45, 7) is 9.64. The van der Waals surface area contributed by atoms with Crippen molar-refractivity contribution in [2.24, 2.45) is 0 Å². The summed E-state index contributed by atoms with van der Waals surface area (Å²) >= 11 is 0. The highest BCUT2D eigenvalue weighted by molar-refractivity contribution is 6.32.